The van der Waals surface area contributed by atoms with E-state index >= 15 is 0 Å². The number of rotatable bonds is 5. The molecule has 0 amide bonds. The molecule has 0 spiro atoms. The fourth-order valence-corrected chi connectivity index (χ4v) is 2.40. The summed E-state index contributed by atoms with van der Waals surface area (Å²) >= 11 is 0. The Balaban J connectivity index is 1.99. The van der Waals surface area contributed by atoms with Gasteiger partial charge >= 0.3 is 0 Å². The maximum atomic E-state index is 5.54. The smallest absolute Gasteiger partial charge is 0.183 e. The molecule has 106 valence electrons. The van der Waals surface area contributed by atoms with Crippen LogP contribution in [0.15, 0.2) is 12.3 Å². The van der Waals surface area contributed by atoms with E-state index < -0.39 is 0 Å². The summed E-state index contributed by atoms with van der Waals surface area (Å²) in [5, 5.41) is 3.52. The van der Waals surface area contributed by atoms with E-state index in [1.165, 1.54) is 0 Å². The molecule has 1 fully saturated rings. The summed E-state index contributed by atoms with van der Waals surface area (Å²) in [6.07, 6.45) is 4.14. The molecule has 0 bridgehead atoms. The topological polar surface area (TPSA) is 52.6 Å². The van der Waals surface area contributed by atoms with E-state index in [9.17, 15) is 0 Å². The van der Waals surface area contributed by atoms with Crippen molar-refractivity contribution in [2.24, 2.45) is 0 Å². The number of hydrogen-bond acceptors (Lipinski definition) is 5. The third-order valence-corrected chi connectivity index (χ3v) is 3.41. The molecule has 19 heavy (non-hydrogen) atoms. The second-order valence-corrected chi connectivity index (χ2v) is 4.78. The van der Waals surface area contributed by atoms with Crippen LogP contribution in [0.5, 0.6) is 11.5 Å². The summed E-state index contributed by atoms with van der Waals surface area (Å²) in [5.41, 5.74) is 0.876. The van der Waals surface area contributed by atoms with Crippen LogP contribution in [0.1, 0.15) is 25.5 Å². The average Bonchev–Trinajstić information content (AvgIpc) is 2.44. The minimum absolute atomic E-state index is 0.325. The Morgan fingerprint density at radius 1 is 1.42 bits per heavy atom. The molecule has 2 rings (SSSR count). The van der Waals surface area contributed by atoms with E-state index in [0.717, 1.165) is 30.9 Å². The number of methoxy groups -OCH3 is 2. The van der Waals surface area contributed by atoms with Gasteiger partial charge in [-0.15, -0.1) is 0 Å². The van der Waals surface area contributed by atoms with Crippen molar-refractivity contribution in [2.75, 3.05) is 20.8 Å². The van der Waals surface area contributed by atoms with Crippen LogP contribution in [0.25, 0.3) is 0 Å². The Kier molecular flexibility index (Phi) is 4.99. The summed E-state index contributed by atoms with van der Waals surface area (Å²) in [6, 6.07) is 2.28. The molecular weight excluding hydrogens is 244 g/mol. The van der Waals surface area contributed by atoms with E-state index in [0.29, 0.717) is 24.4 Å². The van der Waals surface area contributed by atoms with Gasteiger partial charge in [-0.3, -0.25) is 4.98 Å². The standard InChI is InChI=1S/C14H22N2O3/c1-10-8-11(5-7-19-10)16-9-12-14(18-3)13(17-2)4-6-15-12/h4,6,10-11,16H,5,7-9H2,1-3H3. The number of hydrogen-bond donors (Lipinski definition) is 1. The first-order valence-electron chi connectivity index (χ1n) is 6.65. The first-order chi connectivity index (χ1) is 9.24. The van der Waals surface area contributed by atoms with Crippen molar-refractivity contribution < 1.29 is 14.2 Å². The number of nitrogens with one attached hydrogen (secondary N) is 1. The van der Waals surface area contributed by atoms with Gasteiger partial charge < -0.3 is 19.5 Å². The Hall–Kier alpha value is -1.33. The predicted molar refractivity (Wildman–Crippen MR) is 72.6 cm³/mol. The molecule has 2 unspecified atom stereocenters. The molecular formula is C14H22N2O3. The van der Waals surface area contributed by atoms with Gasteiger partial charge in [-0.1, -0.05) is 0 Å². The van der Waals surface area contributed by atoms with Crippen molar-refractivity contribution in [1.82, 2.24) is 10.3 Å². The fraction of sp³-hybridized carbons (Fsp3) is 0.643. The van der Waals surface area contributed by atoms with Crippen LogP contribution in [0, 0.1) is 0 Å². The van der Waals surface area contributed by atoms with Crippen molar-refractivity contribution in [2.45, 2.75) is 38.5 Å². The molecule has 2 heterocycles. The molecule has 1 saturated heterocycles. The maximum Gasteiger partial charge on any atom is 0.183 e. The molecule has 0 radical (unpaired) electrons. The molecule has 5 heteroatoms. The van der Waals surface area contributed by atoms with Gasteiger partial charge in [0.2, 0.25) is 0 Å². The minimum Gasteiger partial charge on any atom is -0.493 e. The third-order valence-electron chi connectivity index (χ3n) is 3.41. The fourth-order valence-electron chi connectivity index (χ4n) is 2.40. The zero-order chi connectivity index (χ0) is 13.7. The van der Waals surface area contributed by atoms with E-state index in [-0.39, 0.29) is 0 Å². The third kappa shape index (κ3) is 3.58. The zero-order valence-corrected chi connectivity index (χ0v) is 11.8. The van der Waals surface area contributed by atoms with Crippen molar-refractivity contribution in [3.05, 3.63) is 18.0 Å². The largest absolute Gasteiger partial charge is 0.493 e. The SMILES string of the molecule is COc1ccnc(CNC2CCOC(C)C2)c1OC. The van der Waals surface area contributed by atoms with E-state index in [1.54, 1.807) is 26.5 Å². The van der Waals surface area contributed by atoms with Crippen LogP contribution in [0.4, 0.5) is 0 Å². The van der Waals surface area contributed by atoms with E-state index in [1.807, 2.05) is 0 Å². The first kappa shape index (κ1) is 14.1. The van der Waals surface area contributed by atoms with Gasteiger partial charge in [0.15, 0.2) is 11.5 Å². The summed E-state index contributed by atoms with van der Waals surface area (Å²) in [4.78, 5) is 4.36. The normalized spacial score (nSPS) is 23.1. The number of nitrogens with zero attached hydrogens (tertiary/aromatic N) is 1. The second kappa shape index (κ2) is 6.73. The van der Waals surface area contributed by atoms with Crippen LogP contribution in [-0.4, -0.2) is 38.0 Å². The molecule has 5 nitrogen and oxygen atoms in total. The van der Waals surface area contributed by atoms with Crippen molar-refractivity contribution in [1.29, 1.82) is 0 Å². The molecule has 1 N–H and O–H groups in total. The number of aromatic nitrogens is 1. The van der Waals surface area contributed by atoms with Crippen LogP contribution in [-0.2, 0) is 11.3 Å². The van der Waals surface area contributed by atoms with Gasteiger partial charge in [0.25, 0.3) is 0 Å². The average molecular weight is 266 g/mol. The highest BCUT2D eigenvalue weighted by atomic mass is 16.5. The lowest BCUT2D eigenvalue weighted by atomic mass is 10.0. The van der Waals surface area contributed by atoms with E-state index in [2.05, 4.69) is 17.2 Å². The van der Waals surface area contributed by atoms with Crippen molar-refractivity contribution in [3.63, 3.8) is 0 Å². The number of ether oxygens (including phenoxy) is 3. The zero-order valence-electron chi connectivity index (χ0n) is 11.8. The molecule has 0 saturated carbocycles. The Bertz CT molecular complexity index is 412. The van der Waals surface area contributed by atoms with Crippen LogP contribution in [0.3, 0.4) is 0 Å². The monoisotopic (exact) mass is 266 g/mol. The lowest BCUT2D eigenvalue weighted by Gasteiger charge is -2.28. The molecule has 1 aliphatic heterocycles. The van der Waals surface area contributed by atoms with Gasteiger partial charge in [-0.05, 0) is 19.8 Å². The van der Waals surface area contributed by atoms with Gasteiger partial charge in [-0.25, -0.2) is 0 Å². The first-order valence-corrected chi connectivity index (χ1v) is 6.65. The van der Waals surface area contributed by atoms with Crippen molar-refractivity contribution >= 4 is 0 Å². The van der Waals surface area contributed by atoms with Gasteiger partial charge in [-0.2, -0.15) is 0 Å². The summed E-state index contributed by atoms with van der Waals surface area (Å²) in [5.74, 6) is 1.42. The Morgan fingerprint density at radius 3 is 2.95 bits per heavy atom. The van der Waals surface area contributed by atoms with Gasteiger partial charge in [0, 0.05) is 31.5 Å². The Labute approximate surface area is 114 Å². The minimum atomic E-state index is 0.325. The molecule has 2 atom stereocenters. The highest BCUT2D eigenvalue weighted by molar-refractivity contribution is 5.42. The van der Waals surface area contributed by atoms with Gasteiger partial charge in [0.1, 0.15) is 0 Å². The predicted octanol–water partition coefficient (Wildman–Crippen LogP) is 1.76. The maximum absolute atomic E-state index is 5.54. The van der Waals surface area contributed by atoms with Crippen LogP contribution < -0.4 is 14.8 Å². The van der Waals surface area contributed by atoms with Crippen LogP contribution in [0.2, 0.25) is 0 Å². The van der Waals surface area contributed by atoms with Crippen LogP contribution >= 0.6 is 0 Å². The second-order valence-electron chi connectivity index (χ2n) is 4.78. The molecule has 1 aromatic rings. The molecule has 1 aromatic heterocycles. The molecule has 0 aromatic carbocycles. The Morgan fingerprint density at radius 2 is 2.26 bits per heavy atom. The summed E-state index contributed by atoms with van der Waals surface area (Å²) in [6.45, 7) is 3.61. The molecule has 0 aliphatic carbocycles. The highest BCUT2D eigenvalue weighted by Crippen LogP contribution is 2.29. The quantitative estimate of drug-likeness (QED) is 0.880. The highest BCUT2D eigenvalue weighted by Gasteiger charge is 2.20. The molecule has 1 aliphatic rings. The summed E-state index contributed by atoms with van der Waals surface area (Å²) < 4.78 is 16.2. The van der Waals surface area contributed by atoms with Gasteiger partial charge in [0.05, 0.1) is 26.0 Å². The van der Waals surface area contributed by atoms with E-state index in [4.69, 9.17) is 14.2 Å². The summed E-state index contributed by atoms with van der Waals surface area (Å²) in [7, 11) is 3.27. The number of pyridine rings is 1. The van der Waals surface area contributed by atoms with Crippen molar-refractivity contribution in [3.8, 4) is 11.5 Å². The lowest BCUT2D eigenvalue weighted by Crippen LogP contribution is -2.37. The lowest BCUT2D eigenvalue weighted by molar-refractivity contribution is 0.0129.